The lowest BCUT2D eigenvalue weighted by Crippen LogP contribution is -2.54. The highest BCUT2D eigenvalue weighted by atomic mass is 35.5. The number of piperazine rings is 1. The molecular formula is C22H26ClFN4O3. The molecule has 1 saturated heterocycles. The van der Waals surface area contributed by atoms with Crippen LogP contribution < -0.4 is 15.8 Å². The zero-order valence-corrected chi connectivity index (χ0v) is 18.1. The average Bonchev–Trinajstić information content (AvgIpc) is 2.74. The molecule has 0 radical (unpaired) electrons. The van der Waals surface area contributed by atoms with Gasteiger partial charge in [0.05, 0.1) is 12.2 Å². The van der Waals surface area contributed by atoms with E-state index in [1.807, 2.05) is 6.92 Å². The number of carbonyl (C=O) groups excluding carboxylic acids is 2. The molecule has 0 saturated carbocycles. The van der Waals surface area contributed by atoms with Crippen LogP contribution in [-0.2, 0) is 16.1 Å². The Kier molecular flexibility index (Phi) is 7.84. The quantitative estimate of drug-likeness (QED) is 0.679. The molecule has 9 heteroatoms. The van der Waals surface area contributed by atoms with E-state index >= 15 is 0 Å². The predicted octanol–water partition coefficient (Wildman–Crippen LogP) is 2.49. The summed E-state index contributed by atoms with van der Waals surface area (Å²) in [5.41, 5.74) is 6.74. The van der Waals surface area contributed by atoms with Gasteiger partial charge in [0.25, 0.3) is 5.91 Å². The second-order valence-corrected chi connectivity index (χ2v) is 7.92. The molecule has 2 aromatic rings. The topological polar surface area (TPSA) is 87.9 Å². The number of amides is 2. The van der Waals surface area contributed by atoms with Crippen LogP contribution in [0.5, 0.6) is 5.75 Å². The van der Waals surface area contributed by atoms with Crippen LogP contribution in [0.3, 0.4) is 0 Å². The molecular weight excluding hydrogens is 423 g/mol. The summed E-state index contributed by atoms with van der Waals surface area (Å²) in [6.07, 6.45) is 0. The fourth-order valence-corrected chi connectivity index (χ4v) is 3.72. The van der Waals surface area contributed by atoms with E-state index in [2.05, 4.69) is 10.2 Å². The zero-order valence-electron chi connectivity index (χ0n) is 17.3. The monoisotopic (exact) mass is 448 g/mol. The summed E-state index contributed by atoms with van der Waals surface area (Å²) in [6.45, 7) is 4.36. The number of benzene rings is 2. The minimum absolute atomic E-state index is 0.00642. The fourth-order valence-electron chi connectivity index (χ4n) is 3.54. The van der Waals surface area contributed by atoms with Crippen molar-refractivity contribution >= 4 is 29.1 Å². The van der Waals surface area contributed by atoms with Crippen molar-refractivity contribution in [1.82, 2.24) is 9.80 Å². The molecule has 0 spiro atoms. The van der Waals surface area contributed by atoms with Gasteiger partial charge >= 0.3 is 0 Å². The van der Waals surface area contributed by atoms with E-state index in [0.717, 1.165) is 5.56 Å². The lowest BCUT2D eigenvalue weighted by atomic mass is 10.1. The van der Waals surface area contributed by atoms with Gasteiger partial charge in [-0.3, -0.25) is 14.5 Å². The average molecular weight is 449 g/mol. The third kappa shape index (κ3) is 6.40. The van der Waals surface area contributed by atoms with Crippen molar-refractivity contribution in [3.05, 3.63) is 58.9 Å². The Morgan fingerprint density at radius 2 is 1.97 bits per heavy atom. The van der Waals surface area contributed by atoms with Gasteiger partial charge in [-0.05, 0) is 42.8 Å². The van der Waals surface area contributed by atoms with Crippen LogP contribution >= 0.6 is 11.6 Å². The smallest absolute Gasteiger partial charge is 0.260 e. The number of nitrogens with two attached hydrogens (primary N) is 1. The molecule has 7 nitrogen and oxygen atoms in total. The Bertz CT molecular complexity index is 925. The number of anilines is 1. The number of ether oxygens (including phenoxy) is 1. The van der Waals surface area contributed by atoms with Crippen LogP contribution in [0.4, 0.5) is 10.1 Å². The van der Waals surface area contributed by atoms with E-state index < -0.39 is 0 Å². The summed E-state index contributed by atoms with van der Waals surface area (Å²) >= 11 is 5.99. The van der Waals surface area contributed by atoms with Gasteiger partial charge in [-0.15, -0.1) is 0 Å². The van der Waals surface area contributed by atoms with E-state index in [9.17, 15) is 14.0 Å². The van der Waals surface area contributed by atoms with Gasteiger partial charge in [0.15, 0.2) is 6.61 Å². The number of rotatable bonds is 7. The van der Waals surface area contributed by atoms with Crippen molar-refractivity contribution in [2.75, 3.05) is 38.1 Å². The number of hydrogen-bond donors (Lipinski definition) is 2. The maximum Gasteiger partial charge on any atom is 0.260 e. The lowest BCUT2D eigenvalue weighted by molar-refractivity contribution is -0.138. The van der Waals surface area contributed by atoms with Crippen molar-refractivity contribution in [3.8, 4) is 5.75 Å². The second kappa shape index (κ2) is 10.6. The summed E-state index contributed by atoms with van der Waals surface area (Å²) in [4.78, 5) is 28.4. The largest absolute Gasteiger partial charge is 0.482 e. The van der Waals surface area contributed by atoms with Crippen molar-refractivity contribution in [3.63, 3.8) is 0 Å². The molecule has 1 fully saturated rings. The highest BCUT2D eigenvalue weighted by Gasteiger charge is 2.27. The summed E-state index contributed by atoms with van der Waals surface area (Å²) in [6, 6.07) is 11.2. The first kappa shape index (κ1) is 23.0. The van der Waals surface area contributed by atoms with Crippen molar-refractivity contribution < 1.29 is 18.7 Å². The van der Waals surface area contributed by atoms with Crippen LogP contribution in [0, 0.1) is 5.82 Å². The van der Waals surface area contributed by atoms with Gasteiger partial charge in [-0.25, -0.2) is 4.39 Å². The van der Waals surface area contributed by atoms with Crippen molar-refractivity contribution in [2.24, 2.45) is 5.73 Å². The molecule has 0 aliphatic carbocycles. The zero-order chi connectivity index (χ0) is 22.4. The molecule has 3 rings (SSSR count). The first-order valence-corrected chi connectivity index (χ1v) is 10.4. The number of hydrogen-bond acceptors (Lipinski definition) is 5. The summed E-state index contributed by atoms with van der Waals surface area (Å²) < 4.78 is 18.8. The first-order chi connectivity index (χ1) is 14.9. The number of nitrogens with one attached hydrogen (secondary N) is 1. The third-order valence-corrected chi connectivity index (χ3v) is 5.34. The van der Waals surface area contributed by atoms with Gasteiger partial charge in [0.2, 0.25) is 5.91 Å². The van der Waals surface area contributed by atoms with E-state index in [0.29, 0.717) is 42.6 Å². The molecule has 1 heterocycles. The third-order valence-electron chi connectivity index (χ3n) is 5.10. The Morgan fingerprint density at radius 3 is 2.65 bits per heavy atom. The Hall–Kier alpha value is -2.68. The van der Waals surface area contributed by atoms with E-state index in [1.54, 1.807) is 35.2 Å². The summed E-state index contributed by atoms with van der Waals surface area (Å²) in [5, 5.41) is 3.04. The summed E-state index contributed by atoms with van der Waals surface area (Å²) in [5.74, 6) is -0.426. The molecule has 166 valence electrons. The maximum atomic E-state index is 13.1. The molecule has 1 aliphatic heterocycles. The molecule has 2 aromatic carbocycles. The van der Waals surface area contributed by atoms with Gasteiger partial charge in [0.1, 0.15) is 11.6 Å². The van der Waals surface area contributed by atoms with E-state index in [4.69, 9.17) is 22.1 Å². The van der Waals surface area contributed by atoms with Gasteiger partial charge < -0.3 is 20.7 Å². The van der Waals surface area contributed by atoms with Crippen LogP contribution in [0.15, 0.2) is 42.5 Å². The Morgan fingerprint density at radius 1 is 1.23 bits per heavy atom. The molecule has 1 unspecified atom stereocenters. The highest BCUT2D eigenvalue weighted by molar-refractivity contribution is 6.31. The SMILES string of the molecule is CC1CN(Cc2ccc(F)cc2)CCN1C(=O)COc1ccc(Cl)cc1NC(=O)CN. The fraction of sp³-hybridized carbons (Fsp3) is 0.364. The highest BCUT2D eigenvalue weighted by Crippen LogP contribution is 2.28. The summed E-state index contributed by atoms with van der Waals surface area (Å²) in [7, 11) is 0. The molecule has 1 atom stereocenters. The first-order valence-electron chi connectivity index (χ1n) is 10.0. The Balaban J connectivity index is 1.54. The van der Waals surface area contributed by atoms with Gasteiger partial charge in [-0.2, -0.15) is 0 Å². The van der Waals surface area contributed by atoms with Crippen LogP contribution in [0.1, 0.15) is 12.5 Å². The number of carbonyl (C=O) groups is 2. The molecule has 2 amide bonds. The Labute approximate surface area is 185 Å². The lowest BCUT2D eigenvalue weighted by Gasteiger charge is -2.39. The molecule has 1 aliphatic rings. The van der Waals surface area contributed by atoms with E-state index in [1.165, 1.54) is 12.1 Å². The van der Waals surface area contributed by atoms with Crippen LogP contribution in [0.2, 0.25) is 5.02 Å². The van der Waals surface area contributed by atoms with Gasteiger partial charge in [0, 0.05) is 37.2 Å². The number of halogens is 2. The second-order valence-electron chi connectivity index (χ2n) is 7.48. The van der Waals surface area contributed by atoms with Crippen molar-refractivity contribution in [1.29, 1.82) is 0 Å². The van der Waals surface area contributed by atoms with E-state index in [-0.39, 0.29) is 36.8 Å². The standard InChI is InChI=1S/C22H26ClFN4O3/c1-15-12-27(13-16-2-5-18(24)6-3-16)8-9-28(15)22(30)14-31-20-7-4-17(23)10-19(20)26-21(29)11-25/h2-7,10,15H,8-9,11-14,25H2,1H3,(H,26,29). The minimum atomic E-state index is -0.385. The van der Waals surface area contributed by atoms with Gasteiger partial charge in [-0.1, -0.05) is 23.7 Å². The normalized spacial score (nSPS) is 16.8. The minimum Gasteiger partial charge on any atom is -0.482 e. The molecule has 3 N–H and O–H groups in total. The molecule has 0 aromatic heterocycles. The van der Waals surface area contributed by atoms with Crippen LogP contribution in [-0.4, -0.2) is 60.4 Å². The molecule has 0 bridgehead atoms. The van der Waals surface area contributed by atoms with Crippen LogP contribution in [0.25, 0.3) is 0 Å². The predicted molar refractivity (Wildman–Crippen MR) is 117 cm³/mol. The number of nitrogens with zero attached hydrogens (tertiary/aromatic N) is 2. The maximum absolute atomic E-state index is 13.1. The molecule has 31 heavy (non-hydrogen) atoms. The van der Waals surface area contributed by atoms with Crippen molar-refractivity contribution in [2.45, 2.75) is 19.5 Å².